The minimum absolute atomic E-state index is 1.12. The lowest BCUT2D eigenvalue weighted by Crippen LogP contribution is -2.12. The van der Waals surface area contributed by atoms with E-state index in [2.05, 4.69) is 181 Å². The van der Waals surface area contributed by atoms with Crippen molar-refractivity contribution < 1.29 is 0 Å². The van der Waals surface area contributed by atoms with Crippen LogP contribution in [0.2, 0.25) is 0 Å². The molecule has 0 fully saturated rings. The van der Waals surface area contributed by atoms with Gasteiger partial charge in [-0.15, -0.1) is 11.3 Å². The zero-order valence-electron chi connectivity index (χ0n) is 24.1. The molecule has 1 heterocycles. The van der Waals surface area contributed by atoms with Gasteiger partial charge in [0.05, 0.1) is 11.4 Å². The minimum Gasteiger partial charge on any atom is -0.309 e. The van der Waals surface area contributed by atoms with Gasteiger partial charge in [0.15, 0.2) is 0 Å². The van der Waals surface area contributed by atoms with Gasteiger partial charge in [-0.3, -0.25) is 0 Å². The number of hydrogen-bond acceptors (Lipinski definition) is 2. The van der Waals surface area contributed by atoms with Gasteiger partial charge in [0, 0.05) is 37.0 Å². The van der Waals surface area contributed by atoms with Crippen LogP contribution in [0.1, 0.15) is 0 Å². The predicted octanol–water partition coefficient (Wildman–Crippen LogP) is 12.5. The van der Waals surface area contributed by atoms with E-state index in [0.29, 0.717) is 0 Å². The summed E-state index contributed by atoms with van der Waals surface area (Å²) in [5.74, 6) is 0. The molecular weight excluding hydrogens is 551 g/mol. The van der Waals surface area contributed by atoms with E-state index in [0.717, 1.165) is 17.1 Å². The Hall–Kier alpha value is -5.44. The quantitative estimate of drug-likeness (QED) is 0.189. The van der Waals surface area contributed by atoms with Crippen molar-refractivity contribution in [3.05, 3.63) is 176 Å². The summed E-state index contributed by atoms with van der Waals surface area (Å²) in [4.78, 5) is 2.45. The monoisotopic (exact) mass is 579 g/mol. The third-order valence-electron chi connectivity index (χ3n) is 8.29. The summed E-state index contributed by atoms with van der Waals surface area (Å²) in [7, 11) is 0. The van der Waals surface area contributed by atoms with Crippen LogP contribution < -0.4 is 4.90 Å². The van der Waals surface area contributed by atoms with Gasteiger partial charge in [-0.1, -0.05) is 146 Å². The number of para-hydroxylation sites is 1. The molecule has 8 aromatic rings. The van der Waals surface area contributed by atoms with E-state index in [1.807, 2.05) is 11.3 Å². The lowest BCUT2D eigenvalue weighted by atomic mass is 9.97. The van der Waals surface area contributed by atoms with Crippen LogP contribution >= 0.6 is 11.3 Å². The zero-order valence-corrected chi connectivity index (χ0v) is 24.9. The second-order valence-corrected chi connectivity index (χ2v) is 12.0. The first-order valence-electron chi connectivity index (χ1n) is 14.9. The number of hydrogen-bond donors (Lipinski definition) is 0. The van der Waals surface area contributed by atoms with Gasteiger partial charge in [0.1, 0.15) is 0 Å². The standard InChI is InChI=1S/C42H29NS/c1-4-14-30(15-5-1)31-24-26-34(27-25-31)43(38-22-12-10-20-35(38)32-16-6-2-7-17-32)39-29-28-37-36-21-11-13-23-40(36)44-42(37)41(39)33-18-8-3-9-19-33/h1-29H. The molecule has 0 unspecified atom stereocenters. The molecule has 0 radical (unpaired) electrons. The predicted molar refractivity (Wildman–Crippen MR) is 190 cm³/mol. The minimum atomic E-state index is 1.12. The van der Waals surface area contributed by atoms with E-state index in [1.165, 1.54) is 53.6 Å². The molecule has 0 aliphatic carbocycles. The molecule has 0 saturated heterocycles. The van der Waals surface area contributed by atoms with Gasteiger partial charge in [0.25, 0.3) is 0 Å². The third-order valence-corrected chi connectivity index (χ3v) is 9.49. The summed E-state index contributed by atoms with van der Waals surface area (Å²) in [6, 6.07) is 63.3. The van der Waals surface area contributed by atoms with E-state index >= 15 is 0 Å². The highest BCUT2D eigenvalue weighted by Crippen LogP contribution is 2.50. The molecular formula is C42H29NS. The van der Waals surface area contributed by atoms with Crippen molar-refractivity contribution in [1.29, 1.82) is 0 Å². The highest BCUT2D eigenvalue weighted by molar-refractivity contribution is 7.26. The number of rotatable bonds is 6. The summed E-state index contributed by atoms with van der Waals surface area (Å²) in [5, 5.41) is 2.60. The first-order chi connectivity index (χ1) is 21.8. The third kappa shape index (κ3) is 4.66. The molecule has 44 heavy (non-hydrogen) atoms. The lowest BCUT2D eigenvalue weighted by Gasteiger charge is -2.30. The molecule has 208 valence electrons. The second kappa shape index (κ2) is 11.3. The Morgan fingerprint density at radius 1 is 0.364 bits per heavy atom. The normalized spacial score (nSPS) is 11.2. The molecule has 0 atom stereocenters. The Kier molecular flexibility index (Phi) is 6.75. The number of benzene rings is 7. The summed E-state index contributed by atoms with van der Waals surface area (Å²) in [6.07, 6.45) is 0. The van der Waals surface area contributed by atoms with Crippen LogP contribution in [0.25, 0.3) is 53.6 Å². The number of thiophene rings is 1. The van der Waals surface area contributed by atoms with Crippen molar-refractivity contribution in [3.63, 3.8) is 0 Å². The lowest BCUT2D eigenvalue weighted by molar-refractivity contribution is 1.29. The van der Waals surface area contributed by atoms with E-state index in [-0.39, 0.29) is 0 Å². The molecule has 0 bridgehead atoms. The molecule has 0 amide bonds. The van der Waals surface area contributed by atoms with Crippen molar-refractivity contribution in [2.24, 2.45) is 0 Å². The van der Waals surface area contributed by atoms with Crippen LogP contribution in [0, 0.1) is 0 Å². The van der Waals surface area contributed by atoms with Crippen molar-refractivity contribution in [3.8, 4) is 33.4 Å². The fourth-order valence-corrected chi connectivity index (χ4v) is 7.49. The molecule has 7 aromatic carbocycles. The van der Waals surface area contributed by atoms with E-state index in [9.17, 15) is 0 Å². The summed E-state index contributed by atoms with van der Waals surface area (Å²) in [6.45, 7) is 0. The van der Waals surface area contributed by atoms with Crippen LogP contribution in [0.5, 0.6) is 0 Å². The summed E-state index contributed by atoms with van der Waals surface area (Å²) in [5.41, 5.74) is 10.7. The number of nitrogens with zero attached hydrogens (tertiary/aromatic N) is 1. The Bertz CT molecular complexity index is 2200. The Morgan fingerprint density at radius 2 is 0.932 bits per heavy atom. The van der Waals surface area contributed by atoms with Crippen molar-refractivity contribution >= 4 is 48.6 Å². The van der Waals surface area contributed by atoms with Crippen molar-refractivity contribution in [2.45, 2.75) is 0 Å². The molecule has 8 rings (SSSR count). The topological polar surface area (TPSA) is 3.24 Å². The molecule has 0 aliphatic rings. The molecule has 2 heteroatoms. The number of anilines is 3. The second-order valence-electron chi connectivity index (χ2n) is 10.9. The van der Waals surface area contributed by atoms with Crippen molar-refractivity contribution in [2.75, 3.05) is 4.90 Å². The molecule has 0 aliphatic heterocycles. The van der Waals surface area contributed by atoms with Crippen LogP contribution in [0.15, 0.2) is 176 Å². The fraction of sp³-hybridized carbons (Fsp3) is 0. The Labute approximate surface area is 261 Å². The van der Waals surface area contributed by atoms with Gasteiger partial charge in [-0.2, -0.15) is 0 Å². The highest BCUT2D eigenvalue weighted by atomic mass is 32.1. The molecule has 1 aromatic heterocycles. The fourth-order valence-electron chi connectivity index (χ4n) is 6.22. The van der Waals surface area contributed by atoms with Crippen LogP contribution in [0.4, 0.5) is 17.1 Å². The largest absolute Gasteiger partial charge is 0.309 e. The first-order valence-corrected chi connectivity index (χ1v) is 15.8. The van der Waals surface area contributed by atoms with E-state index < -0.39 is 0 Å². The molecule has 0 spiro atoms. The van der Waals surface area contributed by atoms with Crippen molar-refractivity contribution in [1.82, 2.24) is 0 Å². The first kappa shape index (κ1) is 26.2. The van der Waals surface area contributed by atoms with Gasteiger partial charge in [-0.25, -0.2) is 0 Å². The van der Waals surface area contributed by atoms with Crippen LogP contribution in [-0.4, -0.2) is 0 Å². The Balaban J connectivity index is 1.42. The summed E-state index contributed by atoms with van der Waals surface area (Å²) < 4.78 is 2.61. The van der Waals surface area contributed by atoms with Gasteiger partial charge in [0.2, 0.25) is 0 Å². The summed E-state index contributed by atoms with van der Waals surface area (Å²) >= 11 is 1.88. The smallest absolute Gasteiger partial charge is 0.0554 e. The maximum absolute atomic E-state index is 2.45. The molecule has 1 nitrogen and oxygen atoms in total. The van der Waals surface area contributed by atoms with Gasteiger partial charge in [-0.05, 0) is 52.6 Å². The average Bonchev–Trinajstić information content (AvgIpc) is 3.49. The molecule has 0 N–H and O–H groups in total. The van der Waals surface area contributed by atoms with E-state index in [4.69, 9.17) is 0 Å². The number of fused-ring (bicyclic) bond motifs is 3. The maximum atomic E-state index is 2.45. The Morgan fingerprint density at radius 3 is 1.66 bits per heavy atom. The molecule has 0 saturated carbocycles. The maximum Gasteiger partial charge on any atom is 0.0554 e. The van der Waals surface area contributed by atoms with E-state index in [1.54, 1.807) is 0 Å². The average molecular weight is 580 g/mol. The highest BCUT2D eigenvalue weighted by Gasteiger charge is 2.23. The zero-order chi connectivity index (χ0) is 29.3. The van der Waals surface area contributed by atoms with Crippen LogP contribution in [-0.2, 0) is 0 Å². The van der Waals surface area contributed by atoms with Gasteiger partial charge >= 0.3 is 0 Å². The van der Waals surface area contributed by atoms with Crippen LogP contribution in [0.3, 0.4) is 0 Å². The van der Waals surface area contributed by atoms with Gasteiger partial charge < -0.3 is 4.90 Å². The SMILES string of the molecule is c1ccc(-c2ccc(N(c3ccccc3-c3ccccc3)c3ccc4c(sc5ccccc54)c3-c3ccccc3)cc2)cc1.